The largest absolute Gasteiger partial charge is 0.454 e. The molecule has 0 radical (unpaired) electrons. The maximum atomic E-state index is 13.9. The molecule has 3 aliphatic rings. The Kier molecular flexibility index (Phi) is 7.05. The fraction of sp³-hybridized carbons (Fsp3) is 0.393. The Morgan fingerprint density at radius 2 is 1.77 bits per heavy atom. The first-order valence-electron chi connectivity index (χ1n) is 13.1. The van der Waals surface area contributed by atoms with E-state index in [2.05, 4.69) is 4.90 Å². The molecule has 0 spiro atoms. The van der Waals surface area contributed by atoms with Gasteiger partial charge in [-0.05, 0) is 48.4 Å². The minimum absolute atomic E-state index is 0.0477. The van der Waals surface area contributed by atoms with E-state index in [1.807, 2.05) is 46.0 Å². The Bertz CT molecular complexity index is 1480. The number of halogens is 1. The summed E-state index contributed by atoms with van der Waals surface area (Å²) >= 11 is 6.38. The lowest BCUT2D eigenvalue weighted by atomic mass is 10.1. The van der Waals surface area contributed by atoms with E-state index in [9.17, 15) is 13.2 Å². The Balaban J connectivity index is 1.15. The van der Waals surface area contributed by atoms with Crippen molar-refractivity contribution in [1.29, 1.82) is 0 Å². The van der Waals surface area contributed by atoms with Crippen LogP contribution >= 0.6 is 11.6 Å². The summed E-state index contributed by atoms with van der Waals surface area (Å²) < 4.78 is 42.2. The first kappa shape index (κ1) is 26.2. The molecule has 3 aromatic rings. The first-order valence-corrected chi connectivity index (χ1v) is 14.9. The third-order valence-electron chi connectivity index (χ3n) is 7.78. The monoisotopic (exact) mass is 570 g/mol. The molecule has 1 unspecified atom stereocenters. The molecule has 11 heteroatoms. The van der Waals surface area contributed by atoms with Gasteiger partial charge in [0.2, 0.25) is 22.7 Å². The van der Waals surface area contributed by atoms with Crippen LogP contribution in [0.2, 0.25) is 5.02 Å². The normalized spacial score (nSPS) is 19.7. The van der Waals surface area contributed by atoms with Crippen LogP contribution in [0.5, 0.6) is 11.5 Å². The topological polar surface area (TPSA) is 84.3 Å². The summed E-state index contributed by atoms with van der Waals surface area (Å²) in [5.74, 6) is 1.49. The molecular formula is C28H31ClN4O5S. The molecule has 0 bridgehead atoms. The molecule has 1 aromatic heterocycles. The van der Waals surface area contributed by atoms with Crippen LogP contribution in [0.4, 0.5) is 0 Å². The van der Waals surface area contributed by atoms with E-state index in [0.717, 1.165) is 42.4 Å². The van der Waals surface area contributed by atoms with Crippen LogP contribution in [0.1, 0.15) is 29.3 Å². The molecule has 206 valence electrons. The number of amides is 1. The number of hydrogen-bond acceptors (Lipinski definition) is 6. The SMILES string of the molecule is Cc1cccc(Cl)c1S(=O)(=O)N1CCn2cccc2C1CC(=O)N1CCN(Cc2ccc3c(c2)OCO3)CC1. The van der Waals surface area contributed by atoms with Gasteiger partial charge in [-0.3, -0.25) is 9.69 Å². The highest BCUT2D eigenvalue weighted by Crippen LogP contribution is 2.37. The zero-order valence-corrected chi connectivity index (χ0v) is 23.3. The summed E-state index contributed by atoms with van der Waals surface area (Å²) in [6, 6.07) is 14.3. The summed E-state index contributed by atoms with van der Waals surface area (Å²) in [6.45, 7) is 6.21. The average molecular weight is 571 g/mol. The Morgan fingerprint density at radius 3 is 2.56 bits per heavy atom. The number of fused-ring (bicyclic) bond motifs is 2. The predicted octanol–water partition coefficient (Wildman–Crippen LogP) is 3.66. The van der Waals surface area contributed by atoms with Crippen LogP contribution in [-0.2, 0) is 27.9 Å². The highest BCUT2D eigenvalue weighted by Gasteiger charge is 2.40. The molecule has 9 nitrogen and oxygen atoms in total. The van der Waals surface area contributed by atoms with Crippen molar-refractivity contribution < 1.29 is 22.7 Å². The van der Waals surface area contributed by atoms with Crippen molar-refractivity contribution in [3.8, 4) is 11.5 Å². The standard InChI is InChI=1S/C28H31ClN4O5S/c1-20-4-2-5-22(29)28(20)39(35,36)33-15-14-31-9-3-6-23(31)24(33)17-27(34)32-12-10-30(11-13-32)18-21-7-8-25-26(16-21)38-19-37-25/h2-9,16,24H,10-15,17-19H2,1H3. The molecule has 0 saturated carbocycles. The van der Waals surface area contributed by atoms with Gasteiger partial charge in [0.1, 0.15) is 4.90 Å². The molecule has 1 saturated heterocycles. The lowest BCUT2D eigenvalue weighted by molar-refractivity contribution is -0.134. The molecule has 0 aliphatic carbocycles. The van der Waals surface area contributed by atoms with Crippen LogP contribution in [0, 0.1) is 6.92 Å². The summed E-state index contributed by atoms with van der Waals surface area (Å²) in [4.78, 5) is 17.8. The number of aryl methyl sites for hydroxylation is 1. The summed E-state index contributed by atoms with van der Waals surface area (Å²) in [7, 11) is -3.93. The second-order valence-electron chi connectivity index (χ2n) is 10.2. The zero-order valence-electron chi connectivity index (χ0n) is 21.8. The highest BCUT2D eigenvalue weighted by atomic mass is 35.5. The maximum Gasteiger partial charge on any atom is 0.245 e. The van der Waals surface area contributed by atoms with Crippen LogP contribution in [0.25, 0.3) is 0 Å². The second-order valence-corrected chi connectivity index (χ2v) is 12.4. The van der Waals surface area contributed by atoms with Gasteiger partial charge < -0.3 is 18.9 Å². The first-order chi connectivity index (χ1) is 18.8. The summed E-state index contributed by atoms with van der Waals surface area (Å²) in [5.41, 5.74) is 2.55. The number of hydrogen-bond donors (Lipinski definition) is 0. The number of rotatable bonds is 6. The van der Waals surface area contributed by atoms with Crippen molar-refractivity contribution in [2.24, 2.45) is 0 Å². The van der Waals surface area contributed by atoms with E-state index in [-0.39, 0.29) is 35.6 Å². The smallest absolute Gasteiger partial charge is 0.245 e. The van der Waals surface area contributed by atoms with E-state index in [4.69, 9.17) is 21.1 Å². The molecule has 1 atom stereocenters. The minimum Gasteiger partial charge on any atom is -0.454 e. The number of carbonyl (C=O) groups excluding carboxylic acids is 1. The summed E-state index contributed by atoms with van der Waals surface area (Å²) in [6.07, 6.45) is 2.02. The number of aromatic nitrogens is 1. The molecule has 3 aliphatic heterocycles. The lowest BCUT2D eigenvalue weighted by Crippen LogP contribution is -2.50. The van der Waals surface area contributed by atoms with Crippen molar-refractivity contribution in [2.45, 2.75) is 37.4 Å². The van der Waals surface area contributed by atoms with E-state index in [1.165, 1.54) is 4.31 Å². The molecule has 1 amide bonds. The van der Waals surface area contributed by atoms with Crippen molar-refractivity contribution in [3.63, 3.8) is 0 Å². The third-order valence-corrected chi connectivity index (χ3v) is 10.3. The van der Waals surface area contributed by atoms with Gasteiger partial charge in [-0.2, -0.15) is 4.31 Å². The van der Waals surface area contributed by atoms with Crippen molar-refractivity contribution in [3.05, 3.63) is 76.6 Å². The third kappa shape index (κ3) is 5.02. The van der Waals surface area contributed by atoms with Gasteiger partial charge in [0.15, 0.2) is 11.5 Å². The quantitative estimate of drug-likeness (QED) is 0.450. The Hall–Kier alpha value is -3.05. The van der Waals surface area contributed by atoms with Crippen LogP contribution in [0.15, 0.2) is 59.6 Å². The number of ether oxygens (including phenoxy) is 2. The number of piperazine rings is 1. The van der Waals surface area contributed by atoms with Crippen molar-refractivity contribution >= 4 is 27.5 Å². The molecule has 0 N–H and O–H groups in total. The fourth-order valence-electron chi connectivity index (χ4n) is 5.75. The van der Waals surface area contributed by atoms with Gasteiger partial charge in [-0.25, -0.2) is 8.42 Å². The van der Waals surface area contributed by atoms with E-state index >= 15 is 0 Å². The van der Waals surface area contributed by atoms with Crippen molar-refractivity contribution in [2.75, 3.05) is 39.5 Å². The van der Waals surface area contributed by atoms with Crippen LogP contribution in [-0.4, -0.2) is 72.5 Å². The number of benzene rings is 2. The Morgan fingerprint density at radius 1 is 0.974 bits per heavy atom. The van der Waals surface area contributed by atoms with Crippen LogP contribution in [0.3, 0.4) is 0 Å². The molecule has 1 fully saturated rings. The fourth-order valence-corrected chi connectivity index (χ4v) is 8.12. The molecule has 39 heavy (non-hydrogen) atoms. The van der Waals surface area contributed by atoms with Crippen LogP contribution < -0.4 is 9.47 Å². The number of sulfonamides is 1. The lowest BCUT2D eigenvalue weighted by Gasteiger charge is -2.39. The van der Waals surface area contributed by atoms with E-state index < -0.39 is 16.1 Å². The zero-order chi connectivity index (χ0) is 27.1. The average Bonchev–Trinajstić information content (AvgIpc) is 3.58. The Labute approximate surface area is 233 Å². The molecular weight excluding hydrogens is 540 g/mol. The molecule has 6 rings (SSSR count). The van der Waals surface area contributed by atoms with E-state index in [0.29, 0.717) is 25.2 Å². The minimum atomic E-state index is -3.93. The van der Waals surface area contributed by atoms with Gasteiger partial charge in [0, 0.05) is 64.1 Å². The molecule has 2 aromatic carbocycles. The number of carbonyl (C=O) groups is 1. The maximum absolute atomic E-state index is 13.9. The van der Waals surface area contributed by atoms with Gasteiger partial charge in [-0.15, -0.1) is 0 Å². The predicted molar refractivity (Wildman–Crippen MR) is 146 cm³/mol. The molecule has 4 heterocycles. The number of nitrogens with zero attached hydrogens (tertiary/aromatic N) is 4. The van der Waals surface area contributed by atoms with Gasteiger partial charge >= 0.3 is 0 Å². The van der Waals surface area contributed by atoms with Crippen molar-refractivity contribution in [1.82, 2.24) is 18.7 Å². The van der Waals surface area contributed by atoms with Gasteiger partial charge in [-0.1, -0.05) is 29.8 Å². The van der Waals surface area contributed by atoms with Gasteiger partial charge in [0.25, 0.3) is 0 Å². The highest BCUT2D eigenvalue weighted by molar-refractivity contribution is 7.89. The second kappa shape index (κ2) is 10.5. The summed E-state index contributed by atoms with van der Waals surface area (Å²) in [5, 5.41) is 0.194. The van der Waals surface area contributed by atoms with E-state index in [1.54, 1.807) is 25.1 Å². The van der Waals surface area contributed by atoms with Gasteiger partial charge in [0.05, 0.1) is 11.1 Å².